The lowest BCUT2D eigenvalue weighted by Gasteiger charge is -2.11. The molecule has 1 heterocycles. The topological polar surface area (TPSA) is 67.6 Å². The smallest absolute Gasteiger partial charge is 0.201 e. The number of rotatable bonds is 3. The molecule has 0 bridgehead atoms. The third-order valence-electron chi connectivity index (χ3n) is 3.84. The summed E-state index contributed by atoms with van der Waals surface area (Å²) in [5.41, 5.74) is 10.7. The van der Waals surface area contributed by atoms with Crippen LogP contribution in [0.3, 0.4) is 0 Å². The van der Waals surface area contributed by atoms with E-state index in [9.17, 15) is 0 Å². The monoisotopic (exact) mass is 302 g/mol. The van der Waals surface area contributed by atoms with Crippen molar-refractivity contribution in [3.63, 3.8) is 0 Å². The number of benzene rings is 2. The second kappa shape index (κ2) is 5.98. The summed E-state index contributed by atoms with van der Waals surface area (Å²) >= 11 is 0. The van der Waals surface area contributed by atoms with Crippen LogP contribution < -0.4 is 5.73 Å². The van der Waals surface area contributed by atoms with Crippen LogP contribution in [0.25, 0.3) is 16.6 Å². The molecule has 0 aliphatic rings. The average molecular weight is 302 g/mol. The maximum Gasteiger partial charge on any atom is 0.201 e. The van der Waals surface area contributed by atoms with E-state index in [2.05, 4.69) is 24.9 Å². The first-order chi connectivity index (χ1) is 11.1. The third-order valence-corrected chi connectivity index (χ3v) is 3.84. The zero-order valence-electron chi connectivity index (χ0n) is 13.2. The molecule has 2 N–H and O–H groups in total. The van der Waals surface area contributed by atoms with E-state index in [4.69, 9.17) is 11.0 Å². The van der Waals surface area contributed by atoms with Gasteiger partial charge in [0.15, 0.2) is 0 Å². The first-order valence-corrected chi connectivity index (χ1v) is 7.55. The predicted molar refractivity (Wildman–Crippen MR) is 93.7 cm³/mol. The first kappa shape index (κ1) is 14.9. The highest BCUT2D eigenvalue weighted by molar-refractivity contribution is 5.88. The molecule has 0 amide bonds. The number of aromatic nitrogens is 2. The van der Waals surface area contributed by atoms with Gasteiger partial charge in [-0.2, -0.15) is 5.26 Å². The first-order valence-electron chi connectivity index (χ1n) is 7.55. The fourth-order valence-electron chi connectivity index (χ4n) is 2.84. The molecule has 23 heavy (non-hydrogen) atoms. The summed E-state index contributed by atoms with van der Waals surface area (Å²) in [5, 5.41) is 9.13. The van der Waals surface area contributed by atoms with Crippen molar-refractivity contribution in [2.75, 3.05) is 5.73 Å². The molecule has 4 heteroatoms. The lowest BCUT2D eigenvalue weighted by Crippen LogP contribution is -2.05. The van der Waals surface area contributed by atoms with E-state index in [0.717, 1.165) is 27.7 Å². The molecule has 3 rings (SSSR count). The zero-order valence-corrected chi connectivity index (χ0v) is 13.2. The van der Waals surface area contributed by atoms with Crippen molar-refractivity contribution in [2.45, 2.75) is 19.9 Å². The van der Waals surface area contributed by atoms with Crippen LogP contribution in [0.2, 0.25) is 0 Å². The summed E-state index contributed by atoms with van der Waals surface area (Å²) in [6, 6.07) is 18.3. The lowest BCUT2D eigenvalue weighted by molar-refractivity contribution is 0.627. The number of nitriles is 1. The molecule has 1 aromatic heterocycles. The van der Waals surface area contributed by atoms with Gasteiger partial charge in [0.2, 0.25) is 5.95 Å². The summed E-state index contributed by atoms with van der Waals surface area (Å²) in [6.07, 6.45) is 1.57. The SMILES string of the molecule is CC(C)n1c(N)nc2cc(C(=CC#N)c3ccccc3)ccc21. The Morgan fingerprint density at radius 1 is 1.17 bits per heavy atom. The fraction of sp³-hybridized carbons (Fsp3) is 0.158. The van der Waals surface area contributed by atoms with Crippen LogP contribution in [0, 0.1) is 11.3 Å². The number of allylic oxidation sites excluding steroid dienone is 1. The van der Waals surface area contributed by atoms with Crippen molar-refractivity contribution < 1.29 is 0 Å². The second-order valence-corrected chi connectivity index (χ2v) is 5.69. The van der Waals surface area contributed by atoms with Gasteiger partial charge >= 0.3 is 0 Å². The largest absolute Gasteiger partial charge is 0.369 e. The van der Waals surface area contributed by atoms with Gasteiger partial charge in [-0.05, 0) is 42.7 Å². The molecule has 0 unspecified atom stereocenters. The number of hydrogen-bond acceptors (Lipinski definition) is 3. The quantitative estimate of drug-likeness (QED) is 0.739. The molecule has 3 aromatic rings. The number of nitrogens with two attached hydrogens (primary N) is 1. The van der Waals surface area contributed by atoms with Crippen molar-refractivity contribution >= 4 is 22.6 Å². The Kier molecular flexibility index (Phi) is 3.86. The molecular formula is C19H18N4. The fourth-order valence-corrected chi connectivity index (χ4v) is 2.84. The Labute approximate surface area is 135 Å². The normalized spacial score (nSPS) is 11.8. The highest BCUT2D eigenvalue weighted by Gasteiger charge is 2.13. The van der Waals surface area contributed by atoms with Crippen LogP contribution in [0.4, 0.5) is 5.95 Å². The molecule has 0 saturated carbocycles. The number of anilines is 1. The number of nitrogen functional groups attached to an aromatic ring is 1. The summed E-state index contributed by atoms with van der Waals surface area (Å²) in [7, 11) is 0. The Hall–Kier alpha value is -3.06. The van der Waals surface area contributed by atoms with Gasteiger partial charge in [-0.1, -0.05) is 36.4 Å². The maximum atomic E-state index is 9.13. The van der Waals surface area contributed by atoms with Crippen molar-refractivity contribution in [2.24, 2.45) is 0 Å². The van der Waals surface area contributed by atoms with Gasteiger partial charge in [0.1, 0.15) is 0 Å². The minimum Gasteiger partial charge on any atom is -0.369 e. The van der Waals surface area contributed by atoms with Crippen LogP contribution in [-0.4, -0.2) is 9.55 Å². The molecule has 0 saturated heterocycles. The minimum absolute atomic E-state index is 0.245. The van der Waals surface area contributed by atoms with Crippen molar-refractivity contribution in [3.05, 3.63) is 65.7 Å². The summed E-state index contributed by atoms with van der Waals surface area (Å²) in [4.78, 5) is 4.46. The van der Waals surface area contributed by atoms with E-state index < -0.39 is 0 Å². The predicted octanol–water partition coefficient (Wildman–Crippen LogP) is 4.15. The number of hydrogen-bond donors (Lipinski definition) is 1. The van der Waals surface area contributed by atoms with Crippen LogP contribution in [0.15, 0.2) is 54.6 Å². The molecule has 0 atom stereocenters. The Bertz CT molecular complexity index is 912. The Morgan fingerprint density at radius 2 is 1.91 bits per heavy atom. The maximum absolute atomic E-state index is 9.13. The van der Waals surface area contributed by atoms with Gasteiger partial charge in [0.05, 0.1) is 17.1 Å². The number of nitrogens with zero attached hydrogens (tertiary/aromatic N) is 3. The summed E-state index contributed by atoms with van der Waals surface area (Å²) in [6.45, 7) is 4.16. The van der Waals surface area contributed by atoms with Gasteiger partial charge in [-0.15, -0.1) is 0 Å². The van der Waals surface area contributed by atoms with Gasteiger partial charge in [0.25, 0.3) is 0 Å². The highest BCUT2D eigenvalue weighted by atomic mass is 15.2. The third kappa shape index (κ3) is 2.69. The van der Waals surface area contributed by atoms with E-state index in [1.807, 2.05) is 53.1 Å². The Morgan fingerprint density at radius 3 is 2.57 bits per heavy atom. The van der Waals surface area contributed by atoms with Gasteiger partial charge < -0.3 is 10.3 Å². The molecule has 0 radical (unpaired) electrons. The van der Waals surface area contributed by atoms with Crippen molar-refractivity contribution in [1.82, 2.24) is 9.55 Å². The standard InChI is InChI=1S/C19H18N4/c1-13(2)23-18-9-8-15(12-17(18)22-19(23)21)16(10-11-20)14-6-4-3-5-7-14/h3-10,12-13H,1-2H3,(H2,21,22). The van der Waals surface area contributed by atoms with E-state index in [1.165, 1.54) is 0 Å². The van der Waals surface area contributed by atoms with E-state index >= 15 is 0 Å². The molecule has 0 aliphatic heterocycles. The average Bonchev–Trinajstić information content (AvgIpc) is 2.88. The van der Waals surface area contributed by atoms with Gasteiger partial charge in [-0.25, -0.2) is 4.98 Å². The van der Waals surface area contributed by atoms with Gasteiger partial charge in [0, 0.05) is 12.1 Å². The molecule has 114 valence electrons. The van der Waals surface area contributed by atoms with Crippen LogP contribution in [0.5, 0.6) is 0 Å². The van der Waals surface area contributed by atoms with E-state index in [1.54, 1.807) is 6.08 Å². The molecular weight excluding hydrogens is 284 g/mol. The number of fused-ring (bicyclic) bond motifs is 1. The molecule has 2 aromatic carbocycles. The van der Waals surface area contributed by atoms with Crippen molar-refractivity contribution in [3.8, 4) is 6.07 Å². The Balaban J connectivity index is 2.16. The minimum atomic E-state index is 0.245. The highest BCUT2D eigenvalue weighted by Crippen LogP contribution is 2.28. The van der Waals surface area contributed by atoms with Crippen LogP contribution in [0.1, 0.15) is 31.0 Å². The molecule has 0 spiro atoms. The molecule has 0 aliphatic carbocycles. The van der Waals surface area contributed by atoms with E-state index in [0.29, 0.717) is 5.95 Å². The van der Waals surface area contributed by atoms with Gasteiger partial charge in [-0.3, -0.25) is 0 Å². The van der Waals surface area contributed by atoms with Crippen LogP contribution in [-0.2, 0) is 0 Å². The lowest BCUT2D eigenvalue weighted by atomic mass is 9.97. The molecule has 4 nitrogen and oxygen atoms in total. The number of imidazole rings is 1. The van der Waals surface area contributed by atoms with E-state index in [-0.39, 0.29) is 6.04 Å². The molecule has 0 fully saturated rings. The summed E-state index contributed by atoms with van der Waals surface area (Å²) < 4.78 is 2.01. The zero-order chi connectivity index (χ0) is 16.4. The summed E-state index contributed by atoms with van der Waals surface area (Å²) in [5.74, 6) is 0.512. The van der Waals surface area contributed by atoms with Crippen LogP contribution >= 0.6 is 0 Å². The van der Waals surface area contributed by atoms with Crippen molar-refractivity contribution in [1.29, 1.82) is 5.26 Å². The second-order valence-electron chi connectivity index (χ2n) is 5.69.